The Labute approximate surface area is 202 Å². The lowest BCUT2D eigenvalue weighted by atomic mass is 10.1. The van der Waals surface area contributed by atoms with Crippen LogP contribution in [0, 0.1) is 3.57 Å². The van der Waals surface area contributed by atoms with Gasteiger partial charge in [0.1, 0.15) is 6.61 Å². The number of nitrogens with zero attached hydrogens (tertiary/aromatic N) is 1. The van der Waals surface area contributed by atoms with E-state index >= 15 is 0 Å². The standard InChI is InChI=1S/C24H17BrINO4/c1-29-21-13-15(11-19(26)22(21)30-14-17-9-5-6-10-18(17)25)12-20-24(28)31-23(27-20)16-7-3-2-4-8-16/h2-13H,14H2,1H3/b20-12-. The zero-order valence-corrected chi connectivity index (χ0v) is 20.2. The fraction of sp³-hybridized carbons (Fsp3) is 0.0833. The van der Waals surface area contributed by atoms with Crippen LogP contribution in [0.25, 0.3) is 6.08 Å². The van der Waals surface area contributed by atoms with E-state index in [2.05, 4.69) is 43.5 Å². The molecule has 3 aromatic rings. The van der Waals surface area contributed by atoms with Crippen molar-refractivity contribution >= 4 is 56.5 Å². The van der Waals surface area contributed by atoms with Crippen LogP contribution in [0.15, 0.2) is 81.9 Å². The largest absolute Gasteiger partial charge is 0.493 e. The Morgan fingerprint density at radius 1 is 1.10 bits per heavy atom. The van der Waals surface area contributed by atoms with Crippen molar-refractivity contribution in [2.75, 3.05) is 7.11 Å². The number of hydrogen-bond donors (Lipinski definition) is 0. The summed E-state index contributed by atoms with van der Waals surface area (Å²) in [6, 6.07) is 20.9. The van der Waals surface area contributed by atoms with E-state index < -0.39 is 5.97 Å². The molecular formula is C24H17BrINO4. The fourth-order valence-corrected chi connectivity index (χ4v) is 4.18. The molecule has 0 unspecified atom stereocenters. The molecule has 1 heterocycles. The summed E-state index contributed by atoms with van der Waals surface area (Å²) in [5.41, 5.74) is 2.78. The van der Waals surface area contributed by atoms with Crippen molar-refractivity contribution in [1.82, 2.24) is 0 Å². The Morgan fingerprint density at radius 2 is 1.84 bits per heavy atom. The van der Waals surface area contributed by atoms with E-state index in [1.165, 1.54) is 0 Å². The van der Waals surface area contributed by atoms with Gasteiger partial charge in [-0.1, -0.05) is 52.3 Å². The average molecular weight is 590 g/mol. The van der Waals surface area contributed by atoms with Crippen LogP contribution in [0.3, 0.4) is 0 Å². The number of carbonyl (C=O) groups excluding carboxylic acids is 1. The Bertz CT molecular complexity index is 1190. The van der Waals surface area contributed by atoms with Gasteiger partial charge in [-0.2, -0.15) is 0 Å². The summed E-state index contributed by atoms with van der Waals surface area (Å²) in [6.07, 6.45) is 1.68. The van der Waals surface area contributed by atoms with Gasteiger partial charge in [-0.25, -0.2) is 9.79 Å². The van der Waals surface area contributed by atoms with Gasteiger partial charge in [-0.3, -0.25) is 0 Å². The van der Waals surface area contributed by atoms with Crippen LogP contribution in [0.1, 0.15) is 16.7 Å². The highest BCUT2D eigenvalue weighted by molar-refractivity contribution is 14.1. The van der Waals surface area contributed by atoms with Crippen molar-refractivity contribution in [2.45, 2.75) is 6.61 Å². The third-order valence-corrected chi connectivity index (χ3v) is 6.10. The SMILES string of the molecule is COc1cc(/C=C2\N=C(c3ccccc3)OC2=O)cc(I)c1OCc1ccccc1Br. The minimum Gasteiger partial charge on any atom is -0.493 e. The second kappa shape index (κ2) is 9.65. The normalized spacial score (nSPS) is 14.4. The van der Waals surface area contributed by atoms with Crippen molar-refractivity contribution < 1.29 is 19.0 Å². The summed E-state index contributed by atoms with van der Waals surface area (Å²) in [5.74, 6) is 1.03. The van der Waals surface area contributed by atoms with Crippen molar-refractivity contribution in [3.8, 4) is 11.5 Å². The maximum atomic E-state index is 12.3. The predicted molar refractivity (Wildman–Crippen MR) is 131 cm³/mol. The molecule has 0 fully saturated rings. The van der Waals surface area contributed by atoms with Crippen molar-refractivity contribution in [2.24, 2.45) is 4.99 Å². The van der Waals surface area contributed by atoms with Gasteiger partial charge >= 0.3 is 5.97 Å². The maximum Gasteiger partial charge on any atom is 0.363 e. The van der Waals surface area contributed by atoms with Crippen LogP contribution in [0.4, 0.5) is 0 Å². The van der Waals surface area contributed by atoms with E-state index in [0.29, 0.717) is 24.0 Å². The van der Waals surface area contributed by atoms with Gasteiger partial charge in [0.2, 0.25) is 5.90 Å². The molecule has 4 rings (SSSR count). The Balaban J connectivity index is 1.60. The van der Waals surface area contributed by atoms with Crippen LogP contribution < -0.4 is 9.47 Å². The molecule has 0 N–H and O–H groups in total. The van der Waals surface area contributed by atoms with Crippen LogP contribution >= 0.6 is 38.5 Å². The number of carbonyl (C=O) groups is 1. The molecule has 3 aromatic carbocycles. The molecule has 1 aliphatic heterocycles. The van der Waals surface area contributed by atoms with Gasteiger partial charge in [-0.15, -0.1) is 0 Å². The van der Waals surface area contributed by atoms with Crippen LogP contribution in [0.5, 0.6) is 11.5 Å². The summed E-state index contributed by atoms with van der Waals surface area (Å²) < 4.78 is 18.8. The smallest absolute Gasteiger partial charge is 0.363 e. The van der Waals surface area contributed by atoms with Crippen LogP contribution in [0.2, 0.25) is 0 Å². The lowest BCUT2D eigenvalue weighted by Crippen LogP contribution is -2.05. The number of ether oxygens (including phenoxy) is 3. The fourth-order valence-electron chi connectivity index (χ4n) is 3.00. The monoisotopic (exact) mass is 589 g/mol. The van der Waals surface area contributed by atoms with Crippen LogP contribution in [-0.4, -0.2) is 19.0 Å². The summed E-state index contributed by atoms with van der Waals surface area (Å²) in [6.45, 7) is 0.394. The molecule has 0 atom stereocenters. The van der Waals surface area contributed by atoms with E-state index in [1.807, 2.05) is 66.7 Å². The summed E-state index contributed by atoms with van der Waals surface area (Å²) >= 11 is 5.73. The zero-order valence-electron chi connectivity index (χ0n) is 16.5. The number of hydrogen-bond acceptors (Lipinski definition) is 5. The quantitative estimate of drug-likeness (QED) is 0.201. The summed E-state index contributed by atoms with van der Waals surface area (Å²) in [7, 11) is 1.59. The molecular weight excluding hydrogens is 573 g/mol. The van der Waals surface area contributed by atoms with E-state index in [9.17, 15) is 4.79 Å². The first-order valence-electron chi connectivity index (χ1n) is 9.37. The third-order valence-electron chi connectivity index (χ3n) is 4.53. The Hall–Kier alpha value is -2.65. The van der Waals surface area contributed by atoms with Gasteiger partial charge in [0.15, 0.2) is 17.2 Å². The second-order valence-corrected chi connectivity index (χ2v) is 8.63. The number of benzene rings is 3. The Morgan fingerprint density at radius 3 is 2.58 bits per heavy atom. The molecule has 0 saturated heterocycles. The number of methoxy groups -OCH3 is 1. The highest BCUT2D eigenvalue weighted by Crippen LogP contribution is 2.36. The molecule has 156 valence electrons. The second-order valence-electron chi connectivity index (χ2n) is 6.62. The minimum absolute atomic E-state index is 0.235. The molecule has 0 aliphatic carbocycles. The van der Waals surface area contributed by atoms with Gasteiger partial charge < -0.3 is 14.2 Å². The number of cyclic esters (lactones) is 1. The topological polar surface area (TPSA) is 57.1 Å². The molecule has 0 radical (unpaired) electrons. The number of aliphatic imine (C=N–C) groups is 1. The highest BCUT2D eigenvalue weighted by atomic mass is 127. The summed E-state index contributed by atoms with van der Waals surface area (Å²) in [5, 5.41) is 0. The highest BCUT2D eigenvalue weighted by Gasteiger charge is 2.24. The van der Waals surface area contributed by atoms with Crippen molar-refractivity contribution in [3.05, 3.63) is 97.2 Å². The molecule has 5 nitrogen and oxygen atoms in total. The minimum atomic E-state index is -0.484. The molecule has 0 aromatic heterocycles. The average Bonchev–Trinajstić information content (AvgIpc) is 3.14. The van der Waals surface area contributed by atoms with E-state index in [1.54, 1.807) is 13.2 Å². The zero-order chi connectivity index (χ0) is 21.8. The molecule has 0 saturated carbocycles. The lowest BCUT2D eigenvalue weighted by Gasteiger charge is -2.14. The number of esters is 1. The molecule has 1 aliphatic rings. The van der Waals surface area contributed by atoms with E-state index in [4.69, 9.17) is 14.2 Å². The molecule has 0 amide bonds. The van der Waals surface area contributed by atoms with Gasteiger partial charge in [0.05, 0.1) is 10.7 Å². The molecule has 31 heavy (non-hydrogen) atoms. The van der Waals surface area contributed by atoms with Gasteiger partial charge in [0, 0.05) is 15.6 Å². The first-order chi connectivity index (χ1) is 15.0. The summed E-state index contributed by atoms with van der Waals surface area (Å²) in [4.78, 5) is 16.6. The number of halogens is 2. The molecule has 7 heteroatoms. The first kappa shape index (κ1) is 21.6. The van der Waals surface area contributed by atoms with E-state index in [-0.39, 0.29) is 5.70 Å². The van der Waals surface area contributed by atoms with Crippen LogP contribution in [-0.2, 0) is 16.1 Å². The maximum absolute atomic E-state index is 12.3. The molecule has 0 bridgehead atoms. The van der Waals surface area contributed by atoms with Crippen molar-refractivity contribution in [1.29, 1.82) is 0 Å². The third kappa shape index (κ3) is 4.99. The van der Waals surface area contributed by atoms with Gasteiger partial charge in [-0.05, 0) is 64.6 Å². The first-order valence-corrected chi connectivity index (χ1v) is 11.2. The molecule has 0 spiro atoms. The predicted octanol–water partition coefficient (Wildman–Crippen LogP) is 5.99. The number of rotatable bonds is 6. The lowest BCUT2D eigenvalue weighted by molar-refractivity contribution is -0.129. The Kier molecular flexibility index (Phi) is 6.72. The van der Waals surface area contributed by atoms with Crippen molar-refractivity contribution in [3.63, 3.8) is 0 Å². The van der Waals surface area contributed by atoms with Gasteiger partial charge in [0.25, 0.3) is 0 Å². The van der Waals surface area contributed by atoms with E-state index in [0.717, 1.165) is 24.7 Å².